The van der Waals surface area contributed by atoms with Crippen LogP contribution in [0, 0.1) is 13.8 Å². The number of anilines is 2. The average Bonchev–Trinajstić information content (AvgIpc) is 2.51. The number of halogens is 3. The molecule has 0 spiro atoms. The van der Waals surface area contributed by atoms with Crippen LogP contribution >= 0.6 is 0 Å². The molecule has 0 unspecified atom stereocenters. The Morgan fingerprint density at radius 1 is 1.21 bits per heavy atom. The highest BCUT2D eigenvalue weighted by Gasteiger charge is 2.30. The van der Waals surface area contributed by atoms with Gasteiger partial charge in [-0.25, -0.2) is 4.98 Å². The number of carbonyl (C=O) groups excluding carboxylic acids is 1. The van der Waals surface area contributed by atoms with Gasteiger partial charge in [-0.15, -0.1) is 0 Å². The molecule has 24 heavy (non-hydrogen) atoms. The molecule has 2 aromatic rings. The third-order valence-electron chi connectivity index (χ3n) is 3.73. The van der Waals surface area contributed by atoms with Gasteiger partial charge < -0.3 is 10.2 Å². The van der Waals surface area contributed by atoms with Crippen molar-refractivity contribution in [1.29, 1.82) is 0 Å². The van der Waals surface area contributed by atoms with E-state index in [4.69, 9.17) is 0 Å². The summed E-state index contributed by atoms with van der Waals surface area (Å²) in [5, 5.41) is 2.80. The Bertz CT molecular complexity index is 727. The summed E-state index contributed by atoms with van der Waals surface area (Å²) in [5.41, 5.74) is 1.93. The van der Waals surface area contributed by atoms with Crippen LogP contribution in [0.25, 0.3) is 0 Å². The van der Waals surface area contributed by atoms with E-state index < -0.39 is 11.7 Å². The minimum Gasteiger partial charge on any atom is -0.350 e. The monoisotopic (exact) mass is 337 g/mol. The van der Waals surface area contributed by atoms with Crippen molar-refractivity contribution < 1.29 is 18.0 Å². The number of alkyl halides is 3. The summed E-state index contributed by atoms with van der Waals surface area (Å²) in [7, 11) is 1.60. The number of amides is 1. The van der Waals surface area contributed by atoms with E-state index in [1.807, 2.05) is 26.0 Å². The van der Waals surface area contributed by atoms with Gasteiger partial charge in [0.1, 0.15) is 5.82 Å². The summed E-state index contributed by atoms with van der Waals surface area (Å²) >= 11 is 0. The van der Waals surface area contributed by atoms with Gasteiger partial charge in [0.05, 0.1) is 12.1 Å². The first-order valence-electron chi connectivity index (χ1n) is 7.29. The van der Waals surface area contributed by atoms with Crippen molar-refractivity contribution in [1.82, 2.24) is 4.98 Å². The van der Waals surface area contributed by atoms with Gasteiger partial charge >= 0.3 is 6.18 Å². The van der Waals surface area contributed by atoms with Gasteiger partial charge in [0.25, 0.3) is 0 Å². The third-order valence-corrected chi connectivity index (χ3v) is 3.73. The van der Waals surface area contributed by atoms with Crippen molar-refractivity contribution in [2.75, 3.05) is 23.8 Å². The van der Waals surface area contributed by atoms with Crippen molar-refractivity contribution in [3.63, 3.8) is 0 Å². The van der Waals surface area contributed by atoms with E-state index >= 15 is 0 Å². The molecule has 0 saturated carbocycles. The zero-order chi connectivity index (χ0) is 17.9. The molecule has 4 nitrogen and oxygen atoms in total. The van der Waals surface area contributed by atoms with E-state index in [-0.39, 0.29) is 12.5 Å². The van der Waals surface area contributed by atoms with E-state index in [1.165, 1.54) is 11.0 Å². The predicted octanol–water partition coefficient (Wildman–Crippen LogP) is 3.79. The first-order chi connectivity index (χ1) is 11.2. The molecule has 7 heteroatoms. The zero-order valence-corrected chi connectivity index (χ0v) is 13.6. The van der Waals surface area contributed by atoms with Crippen LogP contribution < -0.4 is 10.2 Å². The van der Waals surface area contributed by atoms with Crippen LogP contribution in [0.1, 0.15) is 16.7 Å². The number of aromatic nitrogens is 1. The lowest BCUT2D eigenvalue weighted by Crippen LogP contribution is -2.30. The number of nitrogens with zero attached hydrogens (tertiary/aromatic N) is 2. The number of hydrogen-bond donors (Lipinski definition) is 1. The van der Waals surface area contributed by atoms with Crippen molar-refractivity contribution >= 4 is 17.4 Å². The number of aryl methyl sites for hydroxylation is 1. The largest absolute Gasteiger partial charge is 0.417 e. The molecule has 0 aliphatic carbocycles. The van der Waals surface area contributed by atoms with Gasteiger partial charge in [0, 0.05) is 18.9 Å². The quantitative estimate of drug-likeness (QED) is 0.923. The molecule has 0 atom stereocenters. The van der Waals surface area contributed by atoms with Crippen LogP contribution in [0.2, 0.25) is 0 Å². The number of pyridine rings is 1. The molecule has 128 valence electrons. The lowest BCUT2D eigenvalue weighted by atomic mass is 10.1. The summed E-state index contributed by atoms with van der Waals surface area (Å²) in [6.07, 6.45) is -3.67. The molecular weight excluding hydrogens is 319 g/mol. The Morgan fingerprint density at radius 2 is 1.92 bits per heavy atom. The van der Waals surface area contributed by atoms with Crippen LogP contribution in [-0.4, -0.2) is 24.5 Å². The Labute approximate surface area is 138 Å². The van der Waals surface area contributed by atoms with E-state index in [0.717, 1.165) is 23.4 Å². The highest BCUT2D eigenvalue weighted by Crippen LogP contribution is 2.29. The summed E-state index contributed by atoms with van der Waals surface area (Å²) < 4.78 is 37.6. The summed E-state index contributed by atoms with van der Waals surface area (Å²) in [6, 6.07) is 7.79. The van der Waals surface area contributed by atoms with Crippen LogP contribution in [0.4, 0.5) is 24.7 Å². The maximum atomic E-state index is 12.5. The number of likely N-dealkylation sites (N-methyl/N-ethyl adjacent to an activating group) is 1. The Morgan fingerprint density at radius 3 is 2.50 bits per heavy atom. The predicted molar refractivity (Wildman–Crippen MR) is 87.1 cm³/mol. The highest BCUT2D eigenvalue weighted by molar-refractivity contribution is 5.94. The second-order valence-electron chi connectivity index (χ2n) is 5.55. The minimum atomic E-state index is -4.43. The van der Waals surface area contributed by atoms with Crippen LogP contribution in [0.5, 0.6) is 0 Å². The highest BCUT2D eigenvalue weighted by atomic mass is 19.4. The van der Waals surface area contributed by atoms with Crippen LogP contribution in [-0.2, 0) is 11.0 Å². The molecule has 1 amide bonds. The summed E-state index contributed by atoms with van der Waals surface area (Å²) in [5.74, 6) is 0.0204. The van der Waals surface area contributed by atoms with E-state index in [0.29, 0.717) is 11.5 Å². The molecule has 0 aliphatic rings. The fourth-order valence-corrected chi connectivity index (χ4v) is 2.15. The van der Waals surface area contributed by atoms with Crippen molar-refractivity contribution in [3.05, 3.63) is 53.2 Å². The van der Waals surface area contributed by atoms with Crippen molar-refractivity contribution in [2.45, 2.75) is 20.0 Å². The second-order valence-corrected chi connectivity index (χ2v) is 5.55. The lowest BCUT2D eigenvalue weighted by molar-refractivity contribution is -0.137. The lowest BCUT2D eigenvalue weighted by Gasteiger charge is -2.19. The standard InChI is InChI=1S/C17H18F3N3O/c1-11-5-4-6-14(12(11)2)22-16(24)10-23(3)15-8-7-13(9-21-15)17(18,19)20/h4-9H,10H2,1-3H3,(H,22,24). The van der Waals surface area contributed by atoms with E-state index in [2.05, 4.69) is 10.3 Å². The molecule has 1 aromatic heterocycles. The van der Waals surface area contributed by atoms with Gasteiger partial charge in [-0.2, -0.15) is 13.2 Å². The molecule has 0 radical (unpaired) electrons. The maximum Gasteiger partial charge on any atom is 0.417 e. The first-order valence-corrected chi connectivity index (χ1v) is 7.29. The number of nitrogens with one attached hydrogen (secondary N) is 1. The molecule has 1 heterocycles. The molecule has 0 aliphatic heterocycles. The Balaban J connectivity index is 2.02. The SMILES string of the molecule is Cc1cccc(NC(=O)CN(C)c2ccc(C(F)(F)F)cn2)c1C. The van der Waals surface area contributed by atoms with Gasteiger partial charge in [0.15, 0.2) is 0 Å². The fourth-order valence-electron chi connectivity index (χ4n) is 2.15. The molecule has 0 fully saturated rings. The van der Waals surface area contributed by atoms with Gasteiger partial charge in [-0.1, -0.05) is 12.1 Å². The fraction of sp³-hybridized carbons (Fsp3) is 0.294. The van der Waals surface area contributed by atoms with Crippen LogP contribution in [0.3, 0.4) is 0 Å². The Kier molecular flexibility index (Phi) is 5.11. The topological polar surface area (TPSA) is 45.2 Å². The minimum absolute atomic E-state index is 0.0221. The molecular formula is C17H18F3N3O. The van der Waals surface area contributed by atoms with Crippen molar-refractivity contribution in [2.24, 2.45) is 0 Å². The summed E-state index contributed by atoms with van der Waals surface area (Å²) in [6.45, 7) is 3.83. The van der Waals surface area contributed by atoms with Crippen LogP contribution in [0.15, 0.2) is 36.5 Å². The molecule has 2 rings (SSSR count). The van der Waals surface area contributed by atoms with E-state index in [1.54, 1.807) is 13.1 Å². The van der Waals surface area contributed by atoms with Gasteiger partial charge in [-0.05, 0) is 43.2 Å². The van der Waals surface area contributed by atoms with Gasteiger partial charge in [-0.3, -0.25) is 4.79 Å². The third kappa shape index (κ3) is 4.24. The smallest absolute Gasteiger partial charge is 0.350 e. The first kappa shape index (κ1) is 17.8. The number of hydrogen-bond acceptors (Lipinski definition) is 3. The second kappa shape index (κ2) is 6.90. The number of benzene rings is 1. The van der Waals surface area contributed by atoms with E-state index in [9.17, 15) is 18.0 Å². The zero-order valence-electron chi connectivity index (χ0n) is 13.6. The molecule has 0 saturated heterocycles. The number of rotatable bonds is 4. The summed E-state index contributed by atoms with van der Waals surface area (Å²) in [4.78, 5) is 17.4. The Hall–Kier alpha value is -2.57. The van der Waals surface area contributed by atoms with Crippen molar-refractivity contribution in [3.8, 4) is 0 Å². The number of carbonyl (C=O) groups is 1. The maximum absolute atomic E-state index is 12.5. The van der Waals surface area contributed by atoms with Gasteiger partial charge in [0.2, 0.25) is 5.91 Å². The molecule has 1 aromatic carbocycles. The molecule has 0 bridgehead atoms. The molecule has 1 N–H and O–H groups in total. The normalized spacial score (nSPS) is 11.2. The average molecular weight is 337 g/mol.